The third kappa shape index (κ3) is 1.95. The molecule has 4 heterocycles. The highest BCUT2D eigenvalue weighted by Gasteiger charge is 2.35. The Balaban J connectivity index is 1.50. The largest absolute Gasteiger partial charge is 0.327 e. The molecular formula is C16H17N7O. The van der Waals surface area contributed by atoms with Crippen molar-refractivity contribution in [3.8, 4) is 0 Å². The molecular weight excluding hydrogens is 306 g/mol. The summed E-state index contributed by atoms with van der Waals surface area (Å²) in [7, 11) is 0. The van der Waals surface area contributed by atoms with Gasteiger partial charge in [-0.3, -0.25) is 9.20 Å². The van der Waals surface area contributed by atoms with Crippen molar-refractivity contribution in [2.24, 2.45) is 0 Å². The molecule has 0 saturated heterocycles. The molecule has 0 unspecified atom stereocenters. The van der Waals surface area contributed by atoms with Crippen LogP contribution in [0.3, 0.4) is 0 Å². The first-order valence-electron chi connectivity index (χ1n) is 8.26. The van der Waals surface area contributed by atoms with Gasteiger partial charge in [0.2, 0.25) is 0 Å². The third-order valence-corrected chi connectivity index (χ3v) is 4.87. The van der Waals surface area contributed by atoms with Gasteiger partial charge in [0.25, 0.3) is 5.91 Å². The van der Waals surface area contributed by atoms with Crippen LogP contribution in [0, 0.1) is 0 Å². The van der Waals surface area contributed by atoms with Crippen LogP contribution < -0.4 is 0 Å². The van der Waals surface area contributed by atoms with E-state index >= 15 is 0 Å². The number of nitrogens with zero attached hydrogens (tertiary/aromatic N) is 7. The minimum atomic E-state index is -0.102. The highest BCUT2D eigenvalue weighted by Crippen LogP contribution is 2.39. The number of hydrogen-bond donors (Lipinski definition) is 0. The second kappa shape index (κ2) is 4.86. The first-order valence-corrected chi connectivity index (χ1v) is 8.26. The lowest BCUT2D eigenvalue weighted by Crippen LogP contribution is -2.41. The van der Waals surface area contributed by atoms with E-state index in [1.54, 1.807) is 16.8 Å². The van der Waals surface area contributed by atoms with Gasteiger partial charge in [-0.1, -0.05) is 0 Å². The van der Waals surface area contributed by atoms with E-state index < -0.39 is 0 Å². The molecule has 122 valence electrons. The van der Waals surface area contributed by atoms with Gasteiger partial charge in [-0.2, -0.15) is 5.10 Å². The Bertz CT molecular complexity index is 939. The molecule has 8 heteroatoms. The van der Waals surface area contributed by atoms with Crippen molar-refractivity contribution in [2.45, 2.75) is 38.3 Å². The zero-order chi connectivity index (χ0) is 16.3. The molecule has 0 aromatic carbocycles. The highest BCUT2D eigenvalue weighted by atomic mass is 16.2. The Morgan fingerprint density at radius 3 is 3.00 bits per heavy atom. The van der Waals surface area contributed by atoms with Crippen molar-refractivity contribution in [1.82, 2.24) is 34.3 Å². The molecule has 3 aromatic heterocycles. The SMILES string of the molecule is C[C@@H]1c2nc(C3CC3)nn2CCN1C(=O)c1cccn2cnnc12. The topological polar surface area (TPSA) is 81.2 Å². The van der Waals surface area contributed by atoms with Gasteiger partial charge in [0.05, 0.1) is 18.2 Å². The molecule has 0 radical (unpaired) electrons. The molecule has 0 bridgehead atoms. The van der Waals surface area contributed by atoms with Crippen LogP contribution in [0.2, 0.25) is 0 Å². The number of aromatic nitrogens is 6. The van der Waals surface area contributed by atoms with Crippen LogP contribution in [-0.4, -0.2) is 46.7 Å². The Labute approximate surface area is 138 Å². The number of rotatable bonds is 2. The van der Waals surface area contributed by atoms with Crippen LogP contribution in [0.5, 0.6) is 0 Å². The zero-order valence-electron chi connectivity index (χ0n) is 13.3. The van der Waals surface area contributed by atoms with E-state index in [0.29, 0.717) is 30.2 Å². The molecule has 0 spiro atoms. The van der Waals surface area contributed by atoms with Gasteiger partial charge in [-0.25, -0.2) is 9.67 Å². The predicted octanol–water partition coefficient (Wildman–Crippen LogP) is 1.42. The van der Waals surface area contributed by atoms with Crippen molar-refractivity contribution >= 4 is 11.6 Å². The Morgan fingerprint density at radius 2 is 2.17 bits per heavy atom. The third-order valence-electron chi connectivity index (χ3n) is 4.87. The van der Waals surface area contributed by atoms with Crippen molar-refractivity contribution in [3.63, 3.8) is 0 Å². The van der Waals surface area contributed by atoms with E-state index in [9.17, 15) is 4.79 Å². The molecule has 1 aliphatic heterocycles. The van der Waals surface area contributed by atoms with Crippen LogP contribution in [-0.2, 0) is 6.54 Å². The summed E-state index contributed by atoms with van der Waals surface area (Å²) in [4.78, 5) is 19.6. The average molecular weight is 323 g/mol. The lowest BCUT2D eigenvalue weighted by Gasteiger charge is -2.32. The van der Waals surface area contributed by atoms with Gasteiger partial charge < -0.3 is 4.90 Å². The fourth-order valence-corrected chi connectivity index (χ4v) is 3.35. The summed E-state index contributed by atoms with van der Waals surface area (Å²) in [6.45, 7) is 3.31. The maximum Gasteiger partial charge on any atom is 0.258 e. The number of pyridine rings is 1. The normalized spacial score (nSPS) is 20.4. The first-order chi connectivity index (χ1) is 11.7. The maximum absolute atomic E-state index is 13.1. The molecule has 24 heavy (non-hydrogen) atoms. The molecule has 1 saturated carbocycles. The van der Waals surface area contributed by atoms with E-state index in [-0.39, 0.29) is 11.9 Å². The molecule has 1 atom stereocenters. The van der Waals surface area contributed by atoms with E-state index in [1.807, 2.05) is 28.8 Å². The van der Waals surface area contributed by atoms with Crippen molar-refractivity contribution < 1.29 is 4.79 Å². The van der Waals surface area contributed by atoms with E-state index in [4.69, 9.17) is 4.98 Å². The van der Waals surface area contributed by atoms with Gasteiger partial charge in [0, 0.05) is 18.7 Å². The quantitative estimate of drug-likeness (QED) is 0.712. The minimum absolute atomic E-state index is 0.0386. The summed E-state index contributed by atoms with van der Waals surface area (Å²) in [5, 5.41) is 12.6. The van der Waals surface area contributed by atoms with Crippen LogP contribution in [0.4, 0.5) is 0 Å². The van der Waals surface area contributed by atoms with Crippen molar-refractivity contribution in [2.75, 3.05) is 6.54 Å². The molecule has 3 aromatic rings. The summed E-state index contributed by atoms with van der Waals surface area (Å²) < 4.78 is 3.72. The van der Waals surface area contributed by atoms with Gasteiger partial charge in [0.15, 0.2) is 11.5 Å². The standard InChI is InChI=1S/C16H17N7O/c1-10-14-18-13(11-4-5-11)20-23(14)8-7-22(10)16(24)12-3-2-6-21-9-17-19-15(12)21/h2-3,6,9-11H,4-5,7-8H2,1H3/t10-/m1/s1. The van der Waals surface area contributed by atoms with Gasteiger partial charge in [-0.15, -0.1) is 10.2 Å². The van der Waals surface area contributed by atoms with Crippen LogP contribution in [0.15, 0.2) is 24.7 Å². The summed E-state index contributed by atoms with van der Waals surface area (Å²) in [6.07, 6.45) is 5.79. The number of carbonyl (C=O) groups excluding carboxylic acids is 1. The Hall–Kier alpha value is -2.77. The highest BCUT2D eigenvalue weighted by molar-refractivity contribution is 5.99. The molecule has 2 aliphatic rings. The maximum atomic E-state index is 13.1. The second-order valence-electron chi connectivity index (χ2n) is 6.48. The fraction of sp³-hybridized carbons (Fsp3) is 0.438. The van der Waals surface area contributed by atoms with Gasteiger partial charge >= 0.3 is 0 Å². The van der Waals surface area contributed by atoms with Crippen LogP contribution >= 0.6 is 0 Å². The van der Waals surface area contributed by atoms with Crippen molar-refractivity contribution in [1.29, 1.82) is 0 Å². The Morgan fingerprint density at radius 1 is 1.29 bits per heavy atom. The van der Waals surface area contributed by atoms with E-state index in [0.717, 1.165) is 11.6 Å². The zero-order valence-corrected chi connectivity index (χ0v) is 13.3. The second-order valence-corrected chi connectivity index (χ2v) is 6.48. The van der Waals surface area contributed by atoms with Crippen LogP contribution in [0.1, 0.15) is 53.7 Å². The summed E-state index contributed by atoms with van der Waals surface area (Å²) >= 11 is 0. The average Bonchev–Trinajstić information content (AvgIpc) is 3.17. The summed E-state index contributed by atoms with van der Waals surface area (Å²) in [5.74, 6) is 2.29. The Kier molecular flexibility index (Phi) is 2.76. The smallest absolute Gasteiger partial charge is 0.258 e. The van der Waals surface area contributed by atoms with Crippen molar-refractivity contribution in [3.05, 3.63) is 41.9 Å². The van der Waals surface area contributed by atoms with Crippen LogP contribution in [0.25, 0.3) is 5.65 Å². The number of amides is 1. The van der Waals surface area contributed by atoms with E-state index in [1.165, 1.54) is 12.8 Å². The van der Waals surface area contributed by atoms with Gasteiger partial charge in [0.1, 0.15) is 12.2 Å². The summed E-state index contributed by atoms with van der Waals surface area (Å²) in [5.41, 5.74) is 1.15. The minimum Gasteiger partial charge on any atom is -0.327 e. The number of hydrogen-bond acceptors (Lipinski definition) is 5. The summed E-state index contributed by atoms with van der Waals surface area (Å²) in [6, 6.07) is 3.54. The molecule has 8 nitrogen and oxygen atoms in total. The molecule has 1 amide bonds. The lowest BCUT2D eigenvalue weighted by molar-refractivity contribution is 0.0632. The first kappa shape index (κ1) is 13.6. The molecule has 1 aliphatic carbocycles. The lowest BCUT2D eigenvalue weighted by atomic mass is 10.1. The van der Waals surface area contributed by atoms with Gasteiger partial charge in [-0.05, 0) is 31.9 Å². The predicted molar refractivity (Wildman–Crippen MR) is 84.4 cm³/mol. The fourth-order valence-electron chi connectivity index (χ4n) is 3.35. The molecule has 5 rings (SSSR count). The molecule has 0 N–H and O–H groups in total. The molecule has 1 fully saturated rings. The number of carbonyl (C=O) groups is 1. The van der Waals surface area contributed by atoms with E-state index in [2.05, 4.69) is 15.3 Å². The monoisotopic (exact) mass is 323 g/mol. The number of fused-ring (bicyclic) bond motifs is 2.